The lowest BCUT2D eigenvalue weighted by atomic mass is 9.82. The lowest BCUT2D eigenvalue weighted by Crippen LogP contribution is -2.46. The zero-order valence-corrected chi connectivity index (χ0v) is 13.2. The van der Waals surface area contributed by atoms with E-state index in [0.717, 1.165) is 18.6 Å². The van der Waals surface area contributed by atoms with Gasteiger partial charge in [-0.05, 0) is 38.3 Å². The summed E-state index contributed by atoms with van der Waals surface area (Å²) in [6.45, 7) is 1.29. The Bertz CT molecular complexity index is 692. The van der Waals surface area contributed by atoms with Crippen molar-refractivity contribution >= 4 is 21.7 Å². The van der Waals surface area contributed by atoms with Gasteiger partial charge in [0.05, 0.1) is 22.6 Å². The first-order chi connectivity index (χ1) is 10.2. The van der Waals surface area contributed by atoms with Crippen LogP contribution >= 0.6 is 0 Å². The van der Waals surface area contributed by atoms with Crippen molar-refractivity contribution < 1.29 is 27.4 Å². The van der Waals surface area contributed by atoms with Gasteiger partial charge in [-0.3, -0.25) is 4.72 Å². The highest BCUT2D eigenvalue weighted by Gasteiger charge is 2.41. The molecule has 0 unspecified atom stereocenters. The van der Waals surface area contributed by atoms with Crippen LogP contribution in [0.1, 0.15) is 35.2 Å². The molecule has 2 N–H and O–H groups in total. The molecule has 0 atom stereocenters. The van der Waals surface area contributed by atoms with Gasteiger partial charge in [-0.1, -0.05) is 0 Å². The molecule has 1 fully saturated rings. The monoisotopic (exact) mass is 331 g/mol. The van der Waals surface area contributed by atoms with E-state index < -0.39 is 27.4 Å². The summed E-state index contributed by atoms with van der Waals surface area (Å²) < 4.78 is 45.5. The zero-order valence-electron chi connectivity index (χ0n) is 12.3. The fraction of sp³-hybridized carbons (Fsp3) is 0.500. The van der Waals surface area contributed by atoms with Gasteiger partial charge in [-0.15, -0.1) is 0 Å². The molecule has 0 spiro atoms. The second-order valence-electron chi connectivity index (χ2n) is 5.50. The van der Waals surface area contributed by atoms with E-state index in [-0.39, 0.29) is 22.6 Å². The second-order valence-corrected chi connectivity index (χ2v) is 7.22. The van der Waals surface area contributed by atoms with Gasteiger partial charge < -0.3 is 9.84 Å². The number of rotatable bonds is 6. The fourth-order valence-corrected chi connectivity index (χ4v) is 4.25. The van der Waals surface area contributed by atoms with E-state index in [0.29, 0.717) is 12.8 Å². The summed E-state index contributed by atoms with van der Waals surface area (Å²) in [5, 5.41) is 9.18. The Hall–Kier alpha value is -1.67. The van der Waals surface area contributed by atoms with Crippen molar-refractivity contribution in [3.8, 4) is 0 Å². The van der Waals surface area contributed by atoms with Crippen LogP contribution < -0.4 is 4.72 Å². The number of hydrogen-bond acceptors (Lipinski definition) is 4. The number of nitrogens with one attached hydrogen (secondary N) is 1. The maximum absolute atomic E-state index is 13.5. The molecule has 0 heterocycles. The Labute approximate surface area is 128 Å². The summed E-state index contributed by atoms with van der Waals surface area (Å²) in [4.78, 5) is 11.3. The van der Waals surface area contributed by atoms with Crippen LogP contribution in [0.4, 0.5) is 10.1 Å². The van der Waals surface area contributed by atoms with Crippen LogP contribution in [0.2, 0.25) is 0 Å². The van der Waals surface area contributed by atoms with E-state index in [9.17, 15) is 22.7 Å². The molecule has 0 bridgehead atoms. The number of carboxylic acid groups (broad SMARTS) is 1. The third kappa shape index (κ3) is 3.22. The van der Waals surface area contributed by atoms with E-state index in [1.807, 2.05) is 0 Å². The molecule has 0 saturated heterocycles. The lowest BCUT2D eigenvalue weighted by molar-refractivity contribution is -0.0524. The van der Waals surface area contributed by atoms with Gasteiger partial charge in [-0.2, -0.15) is 0 Å². The highest BCUT2D eigenvalue weighted by Crippen LogP contribution is 2.36. The number of carbonyl (C=O) groups is 1. The maximum atomic E-state index is 13.5. The number of sulfonamides is 1. The molecule has 6 nitrogen and oxygen atoms in total. The minimum absolute atomic E-state index is 0.113. The number of anilines is 1. The first-order valence-electron chi connectivity index (χ1n) is 6.78. The molecule has 2 rings (SSSR count). The Morgan fingerprint density at radius 3 is 2.55 bits per heavy atom. The number of benzene rings is 1. The van der Waals surface area contributed by atoms with Crippen molar-refractivity contribution in [3.05, 3.63) is 29.1 Å². The molecule has 0 aliphatic heterocycles. The van der Waals surface area contributed by atoms with Crippen LogP contribution in [0.3, 0.4) is 0 Å². The second kappa shape index (κ2) is 5.85. The predicted octanol–water partition coefficient (Wildman–Crippen LogP) is 2.14. The summed E-state index contributed by atoms with van der Waals surface area (Å²) in [5.74, 6) is -2.35. The van der Waals surface area contributed by atoms with Gasteiger partial charge in [0.2, 0.25) is 10.0 Å². The molecular formula is C14H18FNO5S. The van der Waals surface area contributed by atoms with Crippen molar-refractivity contribution in [2.45, 2.75) is 31.8 Å². The normalized spacial score (nSPS) is 16.9. The molecule has 8 heteroatoms. The molecule has 1 aliphatic rings. The topological polar surface area (TPSA) is 92.7 Å². The molecule has 1 aromatic rings. The molecule has 0 aromatic heterocycles. The molecule has 0 amide bonds. The summed E-state index contributed by atoms with van der Waals surface area (Å²) in [7, 11) is -2.35. The predicted molar refractivity (Wildman–Crippen MR) is 79.1 cm³/mol. The number of aromatic carboxylic acids is 1. The van der Waals surface area contributed by atoms with Gasteiger partial charge >= 0.3 is 5.97 Å². The average Bonchev–Trinajstić information content (AvgIpc) is 2.38. The molecule has 1 aliphatic carbocycles. The van der Waals surface area contributed by atoms with Gasteiger partial charge in [0, 0.05) is 12.7 Å². The van der Waals surface area contributed by atoms with E-state index >= 15 is 0 Å². The Morgan fingerprint density at radius 1 is 1.45 bits per heavy atom. The Kier molecular flexibility index (Phi) is 4.44. The lowest BCUT2D eigenvalue weighted by Gasteiger charge is -2.40. The number of ether oxygens (including phenoxy) is 1. The largest absolute Gasteiger partial charge is 0.478 e. The summed E-state index contributed by atoms with van der Waals surface area (Å²) in [6.07, 6.45) is 2.16. The van der Waals surface area contributed by atoms with Crippen molar-refractivity contribution in [1.29, 1.82) is 0 Å². The van der Waals surface area contributed by atoms with E-state index in [1.54, 1.807) is 0 Å². The standard InChI is InChI=1S/C14H18FNO5S/c1-9-10(15)4-5-11(12(9)13(17)18)16-22(19,20)8-14(21-2)6-3-7-14/h4-5,16H,3,6-8H2,1-2H3,(H,17,18). The summed E-state index contributed by atoms with van der Waals surface area (Å²) in [6, 6.07) is 2.15. The van der Waals surface area contributed by atoms with Crippen LogP contribution in [-0.2, 0) is 14.8 Å². The molecule has 0 radical (unpaired) electrons. The Balaban J connectivity index is 2.30. The van der Waals surface area contributed by atoms with E-state index in [2.05, 4.69) is 4.72 Å². The van der Waals surface area contributed by atoms with Crippen LogP contribution in [-0.4, -0.2) is 38.0 Å². The number of carboxylic acids is 1. The first kappa shape index (κ1) is 16.7. The number of hydrogen-bond donors (Lipinski definition) is 2. The van der Waals surface area contributed by atoms with Gasteiger partial charge in [0.15, 0.2) is 0 Å². The maximum Gasteiger partial charge on any atom is 0.338 e. The molecule has 22 heavy (non-hydrogen) atoms. The summed E-state index contributed by atoms with van der Waals surface area (Å²) in [5.41, 5.74) is -1.36. The Morgan fingerprint density at radius 2 is 2.09 bits per heavy atom. The van der Waals surface area contributed by atoms with Crippen LogP contribution in [0.5, 0.6) is 0 Å². The highest BCUT2D eigenvalue weighted by molar-refractivity contribution is 7.92. The van der Waals surface area contributed by atoms with E-state index in [1.165, 1.54) is 14.0 Å². The van der Waals surface area contributed by atoms with Crippen molar-refractivity contribution in [1.82, 2.24) is 0 Å². The van der Waals surface area contributed by atoms with Crippen molar-refractivity contribution in [3.63, 3.8) is 0 Å². The third-order valence-corrected chi connectivity index (χ3v) is 5.47. The highest BCUT2D eigenvalue weighted by atomic mass is 32.2. The third-order valence-electron chi connectivity index (χ3n) is 4.03. The molecule has 1 saturated carbocycles. The van der Waals surface area contributed by atoms with Gasteiger partial charge in [-0.25, -0.2) is 17.6 Å². The minimum atomic E-state index is -3.81. The van der Waals surface area contributed by atoms with Gasteiger partial charge in [0.25, 0.3) is 0 Å². The van der Waals surface area contributed by atoms with Crippen LogP contribution in [0, 0.1) is 12.7 Å². The van der Waals surface area contributed by atoms with Gasteiger partial charge in [0.1, 0.15) is 5.82 Å². The first-order valence-corrected chi connectivity index (χ1v) is 8.43. The molecule has 122 valence electrons. The quantitative estimate of drug-likeness (QED) is 0.833. The van der Waals surface area contributed by atoms with E-state index in [4.69, 9.17) is 4.74 Å². The minimum Gasteiger partial charge on any atom is -0.478 e. The fourth-order valence-electron chi connectivity index (χ4n) is 2.58. The average molecular weight is 331 g/mol. The van der Waals surface area contributed by atoms with Crippen LogP contribution in [0.15, 0.2) is 12.1 Å². The SMILES string of the molecule is COC1(CS(=O)(=O)Nc2ccc(F)c(C)c2C(=O)O)CCC1. The van der Waals surface area contributed by atoms with Crippen molar-refractivity contribution in [2.75, 3.05) is 17.6 Å². The molecular weight excluding hydrogens is 313 g/mol. The summed E-state index contributed by atoms with van der Waals surface area (Å²) >= 11 is 0. The molecule has 1 aromatic carbocycles. The zero-order chi connectivity index (χ0) is 16.5. The van der Waals surface area contributed by atoms with Crippen molar-refractivity contribution in [2.24, 2.45) is 0 Å². The number of halogens is 1. The van der Waals surface area contributed by atoms with Crippen LogP contribution in [0.25, 0.3) is 0 Å². The smallest absolute Gasteiger partial charge is 0.338 e. The number of methoxy groups -OCH3 is 1.